The topological polar surface area (TPSA) is 77.3 Å². The monoisotopic (exact) mass is 534 g/mol. The first-order chi connectivity index (χ1) is 18.3. The van der Waals surface area contributed by atoms with Crippen LogP contribution in [0.4, 0.5) is 8.78 Å². The summed E-state index contributed by atoms with van der Waals surface area (Å²) in [7, 11) is -0.645. The summed E-state index contributed by atoms with van der Waals surface area (Å²) in [5.74, 6) is 0.499. The highest BCUT2D eigenvalue weighted by molar-refractivity contribution is 7.71. The van der Waals surface area contributed by atoms with Crippen LogP contribution in [-0.4, -0.2) is 51.3 Å². The van der Waals surface area contributed by atoms with E-state index in [1.165, 1.54) is 6.07 Å². The molecule has 1 fully saturated rings. The lowest BCUT2D eigenvalue weighted by Gasteiger charge is -2.24. The van der Waals surface area contributed by atoms with Crippen LogP contribution in [0.15, 0.2) is 54.7 Å². The smallest absolute Gasteiger partial charge is 0.387 e. The Kier molecular flexibility index (Phi) is 5.24. The lowest BCUT2D eigenvalue weighted by atomic mass is 9.97. The van der Waals surface area contributed by atoms with E-state index in [0.717, 1.165) is 53.2 Å². The predicted molar refractivity (Wildman–Crippen MR) is 140 cm³/mol. The van der Waals surface area contributed by atoms with Crippen molar-refractivity contribution in [3.8, 4) is 16.9 Å². The fourth-order valence-corrected chi connectivity index (χ4v) is 9.10. The van der Waals surface area contributed by atoms with Crippen molar-refractivity contribution in [1.29, 1.82) is 0 Å². The Morgan fingerprint density at radius 3 is 2.58 bits per heavy atom. The van der Waals surface area contributed by atoms with E-state index < -0.39 is 13.8 Å². The highest BCUT2D eigenvalue weighted by Crippen LogP contribution is 2.51. The largest absolute Gasteiger partial charge is 0.434 e. The van der Waals surface area contributed by atoms with E-state index in [0.29, 0.717) is 23.0 Å². The third kappa shape index (κ3) is 3.44. The average Bonchev–Trinajstić information content (AvgIpc) is 3.60. The molecule has 0 saturated carbocycles. The number of aromatic nitrogens is 3. The van der Waals surface area contributed by atoms with Gasteiger partial charge in [0.2, 0.25) is 0 Å². The summed E-state index contributed by atoms with van der Waals surface area (Å²) in [5, 5.41) is 0. The zero-order valence-electron chi connectivity index (χ0n) is 20.7. The summed E-state index contributed by atoms with van der Waals surface area (Å²) in [6.07, 6.45) is 5.72. The molecule has 38 heavy (non-hydrogen) atoms. The van der Waals surface area contributed by atoms with Crippen LogP contribution >= 0.6 is 7.14 Å². The van der Waals surface area contributed by atoms with Crippen LogP contribution in [0.2, 0.25) is 0 Å². The maximum absolute atomic E-state index is 13.3. The van der Waals surface area contributed by atoms with Gasteiger partial charge in [0.05, 0.1) is 28.6 Å². The van der Waals surface area contributed by atoms with Crippen molar-refractivity contribution in [1.82, 2.24) is 19.4 Å². The molecule has 2 atom stereocenters. The number of ether oxygens (including phenoxy) is 1. The van der Waals surface area contributed by atoms with Crippen molar-refractivity contribution in [2.75, 3.05) is 19.4 Å². The van der Waals surface area contributed by atoms with Crippen LogP contribution in [0.3, 0.4) is 0 Å². The third-order valence-electron chi connectivity index (χ3n) is 8.19. The molecule has 10 heteroatoms. The zero-order chi connectivity index (χ0) is 26.2. The third-order valence-corrected chi connectivity index (χ3v) is 11.4. The maximum Gasteiger partial charge on any atom is 0.387 e. The van der Waals surface area contributed by atoms with E-state index in [1.54, 1.807) is 30.3 Å². The minimum Gasteiger partial charge on any atom is -0.434 e. The lowest BCUT2D eigenvalue weighted by Crippen LogP contribution is -2.30. The van der Waals surface area contributed by atoms with Crippen molar-refractivity contribution in [2.45, 2.75) is 38.0 Å². The number of imidazole rings is 1. The van der Waals surface area contributed by atoms with Crippen LogP contribution in [0.25, 0.3) is 22.2 Å². The van der Waals surface area contributed by atoms with Gasteiger partial charge in [0.15, 0.2) is 0 Å². The van der Waals surface area contributed by atoms with E-state index in [1.807, 2.05) is 30.3 Å². The summed E-state index contributed by atoms with van der Waals surface area (Å²) < 4.78 is 46.8. The number of benzene rings is 2. The Labute approximate surface area is 217 Å². The number of alkyl halides is 2. The standard InChI is InChI=1S/C28H25F2N4O3P/c1-33-22-14-21(25-18(27(33)35)5-4-6-23(25)37-28(29)30)34-20-13-16(7-9-19(20)32-26(22)34)17-8-10-24(31-15-17)38(36)11-2-3-12-38/h4-10,13,15,21-22,28H,2-3,11-12,14H2,1H3/t21-,22+/m1/s1. The molecule has 7 nitrogen and oxygen atoms in total. The van der Waals surface area contributed by atoms with Crippen molar-refractivity contribution in [3.05, 3.63) is 71.7 Å². The summed E-state index contributed by atoms with van der Waals surface area (Å²) in [5.41, 5.74) is 4.94. The Morgan fingerprint density at radius 1 is 1.05 bits per heavy atom. The molecule has 0 spiro atoms. The SMILES string of the molecule is CN1C(=O)c2cccc(OC(F)F)c2[C@H]2C[C@H]1c1nc3ccc(-c4ccc(P5(=O)CCCC5)nc4)cc3n12. The van der Waals surface area contributed by atoms with Gasteiger partial charge in [-0.2, -0.15) is 8.78 Å². The highest BCUT2D eigenvalue weighted by Gasteiger charge is 2.45. The maximum atomic E-state index is 13.3. The summed E-state index contributed by atoms with van der Waals surface area (Å²) >= 11 is 0. The van der Waals surface area contributed by atoms with Gasteiger partial charge in [0, 0.05) is 48.7 Å². The molecule has 0 aliphatic carbocycles. The first-order valence-corrected chi connectivity index (χ1v) is 14.8. The van der Waals surface area contributed by atoms with E-state index in [9.17, 15) is 18.1 Å². The van der Waals surface area contributed by atoms with Crippen LogP contribution in [0.5, 0.6) is 5.75 Å². The van der Waals surface area contributed by atoms with Crippen molar-refractivity contribution in [3.63, 3.8) is 0 Å². The minimum atomic E-state index is -3.00. The molecular formula is C28H25F2N4O3P. The summed E-state index contributed by atoms with van der Waals surface area (Å²) in [6.45, 7) is -3.00. The van der Waals surface area contributed by atoms with Gasteiger partial charge >= 0.3 is 6.61 Å². The number of hydrogen-bond acceptors (Lipinski definition) is 5. The van der Waals surface area contributed by atoms with Crippen LogP contribution in [-0.2, 0) is 4.57 Å². The van der Waals surface area contributed by atoms with Gasteiger partial charge in [-0.05, 0) is 48.7 Å². The number of hydrogen-bond donors (Lipinski definition) is 0. The quantitative estimate of drug-likeness (QED) is 0.319. The fraction of sp³-hybridized carbons (Fsp3) is 0.321. The van der Waals surface area contributed by atoms with Gasteiger partial charge in [-0.15, -0.1) is 0 Å². The van der Waals surface area contributed by atoms with Gasteiger partial charge in [0.25, 0.3) is 5.91 Å². The van der Waals surface area contributed by atoms with E-state index in [2.05, 4.69) is 9.55 Å². The molecule has 2 aromatic carbocycles. The molecule has 194 valence electrons. The van der Waals surface area contributed by atoms with E-state index in [-0.39, 0.29) is 23.7 Å². The molecule has 3 aliphatic heterocycles. The number of pyridine rings is 1. The Morgan fingerprint density at radius 2 is 1.84 bits per heavy atom. The van der Waals surface area contributed by atoms with Crippen LogP contribution < -0.4 is 10.2 Å². The Bertz CT molecular complexity index is 1640. The fourth-order valence-electron chi connectivity index (χ4n) is 6.33. The van der Waals surface area contributed by atoms with Crippen molar-refractivity contribution < 1.29 is 22.9 Å². The van der Waals surface area contributed by atoms with Gasteiger partial charge < -0.3 is 18.8 Å². The molecule has 2 bridgehead atoms. The number of halogens is 2. The summed E-state index contributed by atoms with van der Waals surface area (Å²) in [6, 6.07) is 13.8. The normalized spacial score (nSPS) is 21.6. The molecule has 5 heterocycles. The first-order valence-electron chi connectivity index (χ1n) is 12.8. The van der Waals surface area contributed by atoms with Crippen molar-refractivity contribution >= 4 is 29.5 Å². The van der Waals surface area contributed by atoms with Gasteiger partial charge in [-0.1, -0.05) is 18.2 Å². The second-order valence-electron chi connectivity index (χ2n) is 10.3. The zero-order valence-corrected chi connectivity index (χ0v) is 21.6. The number of nitrogens with zero attached hydrogens (tertiary/aromatic N) is 4. The Hall–Kier alpha value is -3.58. The highest BCUT2D eigenvalue weighted by atomic mass is 31.2. The van der Waals surface area contributed by atoms with Crippen molar-refractivity contribution in [2.24, 2.45) is 0 Å². The minimum absolute atomic E-state index is 0.0114. The van der Waals surface area contributed by atoms with Crippen LogP contribution in [0.1, 0.15) is 53.1 Å². The number of amides is 1. The summed E-state index contributed by atoms with van der Waals surface area (Å²) in [4.78, 5) is 24.4. The molecule has 7 rings (SSSR count). The first kappa shape index (κ1) is 23.5. The number of fused-ring (bicyclic) bond motifs is 9. The van der Waals surface area contributed by atoms with E-state index in [4.69, 9.17) is 9.72 Å². The molecule has 2 aromatic heterocycles. The predicted octanol–water partition coefficient (Wildman–Crippen LogP) is 5.60. The van der Waals surface area contributed by atoms with Gasteiger partial charge in [-0.25, -0.2) is 4.98 Å². The van der Waals surface area contributed by atoms with Gasteiger partial charge in [0.1, 0.15) is 18.7 Å². The number of carbonyl (C=O) groups excluding carboxylic acids is 1. The van der Waals surface area contributed by atoms with Gasteiger partial charge in [-0.3, -0.25) is 9.78 Å². The molecule has 0 radical (unpaired) electrons. The lowest BCUT2D eigenvalue weighted by molar-refractivity contribution is -0.0507. The molecule has 3 aliphatic rings. The van der Waals surface area contributed by atoms with Crippen LogP contribution in [0, 0.1) is 0 Å². The Balaban J connectivity index is 1.36. The molecule has 1 amide bonds. The van der Waals surface area contributed by atoms with E-state index >= 15 is 0 Å². The molecule has 1 saturated heterocycles. The molecule has 0 N–H and O–H groups in total. The number of carbonyl (C=O) groups is 1. The average molecular weight is 535 g/mol. The molecule has 4 aromatic rings. The second-order valence-corrected chi connectivity index (χ2v) is 13.4. The molecule has 0 unspecified atom stereocenters. The second kappa shape index (κ2) is 8.46. The number of rotatable bonds is 4. The molecular weight excluding hydrogens is 509 g/mol.